The van der Waals surface area contributed by atoms with Gasteiger partial charge in [-0.15, -0.1) is 0 Å². The van der Waals surface area contributed by atoms with Crippen LogP contribution in [0, 0.1) is 5.92 Å². The van der Waals surface area contributed by atoms with Gasteiger partial charge in [-0.3, -0.25) is 47.9 Å². The van der Waals surface area contributed by atoms with Gasteiger partial charge in [0.2, 0.25) is 59.1 Å². The van der Waals surface area contributed by atoms with E-state index in [0.29, 0.717) is 37.2 Å². The predicted molar refractivity (Wildman–Crippen MR) is 253 cm³/mol. The van der Waals surface area contributed by atoms with Crippen LogP contribution in [0.3, 0.4) is 0 Å². The first-order valence-corrected chi connectivity index (χ1v) is 25.1. The first kappa shape index (κ1) is 56.7. The molecule has 1 aromatic carbocycles. The minimum Gasteiger partial charge on any atom is -0.494 e. The smallest absolute Gasteiger partial charge is 0.246 e. The minimum atomic E-state index is -1.74. The normalized spacial score (nSPS) is 23.8. The number of rotatable bonds is 18. The molecule has 2 aliphatic rings. The summed E-state index contributed by atoms with van der Waals surface area (Å²) in [7, 11) is 2.27. The van der Waals surface area contributed by atoms with Crippen LogP contribution >= 0.6 is 21.6 Å². The van der Waals surface area contributed by atoms with E-state index in [2.05, 4.69) is 37.2 Å². The molecule has 4 unspecified atom stereocenters. The Morgan fingerprint density at radius 3 is 2.15 bits per heavy atom. The fraction of sp³-hybridized carbons (Fsp3) is 0.628. The zero-order valence-electron chi connectivity index (χ0n) is 38.8. The fourth-order valence-electron chi connectivity index (χ4n) is 7.29. The lowest BCUT2D eigenvalue weighted by Gasteiger charge is -2.31. The van der Waals surface area contributed by atoms with Gasteiger partial charge in [-0.1, -0.05) is 54.0 Å². The van der Waals surface area contributed by atoms with Crippen molar-refractivity contribution in [2.45, 2.75) is 127 Å². The third-order valence-corrected chi connectivity index (χ3v) is 13.6. The fourth-order valence-corrected chi connectivity index (χ4v) is 9.44. The maximum atomic E-state index is 14.4. The van der Waals surface area contributed by atoms with Gasteiger partial charge in [-0.25, -0.2) is 0 Å². The van der Waals surface area contributed by atoms with E-state index in [9.17, 15) is 53.1 Å². The molecule has 23 nitrogen and oxygen atoms in total. The van der Waals surface area contributed by atoms with Crippen molar-refractivity contribution >= 4 is 80.7 Å². The van der Waals surface area contributed by atoms with Gasteiger partial charge in [0.05, 0.1) is 25.7 Å². The Hall–Kier alpha value is -5.66. The first-order valence-electron chi connectivity index (χ1n) is 22.6. The summed E-state index contributed by atoms with van der Waals surface area (Å²) in [6.07, 6.45) is -1.05. The Labute approximate surface area is 403 Å². The van der Waals surface area contributed by atoms with E-state index in [-0.39, 0.29) is 50.3 Å². The largest absolute Gasteiger partial charge is 0.494 e. The molecule has 1 aromatic rings. The van der Waals surface area contributed by atoms with Crippen molar-refractivity contribution in [3.8, 4) is 5.75 Å². The molecule has 9 atom stereocenters. The van der Waals surface area contributed by atoms with E-state index in [1.165, 1.54) is 22.6 Å². The number of hydrogen-bond donors (Lipinski definition) is 11. The molecule has 10 amide bonds. The van der Waals surface area contributed by atoms with Crippen molar-refractivity contribution in [2.75, 3.05) is 37.7 Å². The topological polar surface area (TPSA) is 366 Å². The van der Waals surface area contributed by atoms with Gasteiger partial charge in [-0.05, 0) is 69.7 Å². The summed E-state index contributed by atoms with van der Waals surface area (Å²) in [5.74, 6) is -8.07. The third-order valence-electron chi connectivity index (χ3n) is 11.2. The van der Waals surface area contributed by atoms with Crippen molar-refractivity contribution in [1.82, 2.24) is 42.1 Å². The van der Waals surface area contributed by atoms with E-state index in [1.807, 2.05) is 6.92 Å². The maximum Gasteiger partial charge on any atom is 0.246 e. The molecule has 0 aromatic heterocycles. The number of carbonyl (C=O) groups excluding carboxylic acids is 10. The summed E-state index contributed by atoms with van der Waals surface area (Å²) in [5, 5.41) is 28.7. The van der Waals surface area contributed by atoms with Crippen LogP contribution < -0.4 is 59.2 Å². The Morgan fingerprint density at radius 2 is 1.53 bits per heavy atom. The second-order valence-electron chi connectivity index (χ2n) is 16.5. The van der Waals surface area contributed by atoms with Crippen molar-refractivity contribution in [2.24, 2.45) is 23.1 Å². The SMILES string of the molecule is CCOc1ccc(CC2NC(=O)CCSSC[C@@H](C(=O)N3CCC[C@H]3C(=O)N[C@@H](CCCN)C(=O)NCC(N)=O)NC(=O)C(CC(N)=O)NC(=O)C([C@@H](C)O)NC(=O)C([C@@H](C)CC)NC2=O)cc1. The predicted octanol–water partition coefficient (Wildman–Crippen LogP) is -3.04. The van der Waals surface area contributed by atoms with E-state index >= 15 is 0 Å². The number of nitrogens with one attached hydrogen (secondary N) is 7. The summed E-state index contributed by atoms with van der Waals surface area (Å²) in [4.78, 5) is 135. The number of hydrogen-bond acceptors (Lipinski definition) is 15. The number of nitrogens with two attached hydrogens (primary N) is 3. The van der Waals surface area contributed by atoms with E-state index < -0.39 is 126 Å². The Morgan fingerprint density at radius 1 is 0.868 bits per heavy atom. The van der Waals surface area contributed by atoms with Gasteiger partial charge in [0.25, 0.3) is 0 Å². The Bertz CT molecular complexity index is 1950. The van der Waals surface area contributed by atoms with Crippen LogP contribution in [0.25, 0.3) is 0 Å². The molecule has 0 aliphatic carbocycles. The molecular weight excluding hydrogens is 927 g/mol. The molecule has 25 heteroatoms. The highest BCUT2D eigenvalue weighted by Crippen LogP contribution is 2.26. The zero-order chi connectivity index (χ0) is 50.5. The summed E-state index contributed by atoms with van der Waals surface area (Å²) in [6, 6.07) is -2.62. The quantitative estimate of drug-likeness (QED) is 0.0652. The molecule has 14 N–H and O–H groups in total. The average molecular weight is 994 g/mol. The van der Waals surface area contributed by atoms with Crippen LogP contribution in [0.5, 0.6) is 5.75 Å². The molecule has 3 rings (SSSR count). The van der Waals surface area contributed by atoms with Crippen LogP contribution in [0.15, 0.2) is 24.3 Å². The number of ether oxygens (including phenoxy) is 1. The van der Waals surface area contributed by atoms with Crippen molar-refractivity contribution in [3.63, 3.8) is 0 Å². The lowest BCUT2D eigenvalue weighted by Crippen LogP contribution is -2.63. The summed E-state index contributed by atoms with van der Waals surface area (Å²) in [5.41, 5.74) is 17.0. The van der Waals surface area contributed by atoms with Crippen LogP contribution in [-0.4, -0.2) is 155 Å². The third kappa shape index (κ3) is 18.1. The number of aliphatic hydroxyl groups is 1. The van der Waals surface area contributed by atoms with E-state index in [4.69, 9.17) is 21.9 Å². The summed E-state index contributed by atoms with van der Waals surface area (Å²) < 4.78 is 5.53. The van der Waals surface area contributed by atoms with Gasteiger partial charge in [0.1, 0.15) is 48.0 Å². The van der Waals surface area contributed by atoms with E-state index in [0.717, 1.165) is 10.8 Å². The summed E-state index contributed by atoms with van der Waals surface area (Å²) >= 11 is 0. The van der Waals surface area contributed by atoms with Crippen LogP contribution in [0.2, 0.25) is 0 Å². The highest BCUT2D eigenvalue weighted by atomic mass is 33.1. The molecular formula is C43H67N11O12S2. The van der Waals surface area contributed by atoms with Gasteiger partial charge in [0.15, 0.2) is 0 Å². The second kappa shape index (κ2) is 28.6. The molecule has 2 heterocycles. The molecule has 378 valence electrons. The van der Waals surface area contributed by atoms with Gasteiger partial charge in [-0.2, -0.15) is 0 Å². The molecule has 2 fully saturated rings. The van der Waals surface area contributed by atoms with Crippen molar-refractivity contribution in [3.05, 3.63) is 29.8 Å². The first-order chi connectivity index (χ1) is 32.3. The monoisotopic (exact) mass is 993 g/mol. The zero-order valence-corrected chi connectivity index (χ0v) is 40.5. The number of aliphatic hydroxyl groups excluding tert-OH is 1. The average Bonchev–Trinajstić information content (AvgIpc) is 3.79. The summed E-state index contributed by atoms with van der Waals surface area (Å²) in [6.45, 7) is 6.72. The van der Waals surface area contributed by atoms with Crippen LogP contribution in [0.1, 0.15) is 78.2 Å². The number of amides is 10. The minimum absolute atomic E-state index is 0.0243. The number of carbonyl (C=O) groups is 10. The van der Waals surface area contributed by atoms with E-state index in [1.54, 1.807) is 38.1 Å². The maximum absolute atomic E-state index is 14.4. The lowest BCUT2D eigenvalue weighted by molar-refractivity contribution is -0.142. The highest BCUT2D eigenvalue weighted by molar-refractivity contribution is 8.76. The highest BCUT2D eigenvalue weighted by Gasteiger charge is 2.41. The van der Waals surface area contributed by atoms with Gasteiger partial charge >= 0.3 is 0 Å². The second-order valence-corrected chi connectivity index (χ2v) is 19.1. The molecule has 2 saturated heterocycles. The number of benzene rings is 1. The Balaban J connectivity index is 1.99. The lowest BCUT2D eigenvalue weighted by atomic mass is 9.96. The number of primary amides is 2. The van der Waals surface area contributed by atoms with Gasteiger partial charge in [0, 0.05) is 30.9 Å². The van der Waals surface area contributed by atoms with Crippen molar-refractivity contribution in [1.29, 1.82) is 0 Å². The van der Waals surface area contributed by atoms with Crippen molar-refractivity contribution < 1.29 is 57.8 Å². The molecule has 0 saturated carbocycles. The Kier molecular flexibility index (Phi) is 23.8. The molecule has 0 spiro atoms. The number of likely N-dealkylation sites (tertiary alicyclic amines) is 1. The van der Waals surface area contributed by atoms with Crippen LogP contribution in [-0.2, 0) is 54.4 Å². The standard InChI is InChI=1S/C43H67N11O12S2/c1-5-23(3)35-41(63)53-36(24(4)55)42(64)50-29(20-32(45)56)38(60)51-30(43(65)54-17-8-10-31(54)40(62)49-27(9-7-16-44)37(59)47-21-33(46)57)22-68-67-18-15-34(58)48-28(39(61)52-35)19-25-11-13-26(14-12-25)66-6-2/h11-14,23-24,27-31,35-36,55H,5-10,15-22,44H2,1-4H3,(H2,45,56)(H2,46,57)(H,47,59)(H,48,58)(H,49,62)(H,50,64)(H,51,60)(H,52,61)(H,53,63)/t23-,24+,27-,28?,29?,30-,31-,35?,36?/m0/s1. The van der Waals surface area contributed by atoms with Crippen LogP contribution in [0.4, 0.5) is 0 Å². The molecule has 2 aliphatic heterocycles. The van der Waals surface area contributed by atoms with Gasteiger partial charge < -0.3 is 69.2 Å². The molecule has 0 radical (unpaired) electrons. The number of nitrogens with zero attached hydrogens (tertiary/aromatic N) is 1. The molecule has 0 bridgehead atoms. The molecule has 68 heavy (non-hydrogen) atoms.